The minimum Gasteiger partial charge on any atom is -0.494 e. The number of fused-ring (bicyclic) bond motifs is 1. The number of thioether (sulfide) groups is 1. The van der Waals surface area contributed by atoms with Crippen LogP contribution in [0.1, 0.15) is 36.7 Å². The lowest BCUT2D eigenvalue weighted by Gasteiger charge is -2.13. The van der Waals surface area contributed by atoms with E-state index in [1.54, 1.807) is 17.0 Å². The average Bonchev–Trinajstić information content (AvgIpc) is 3.14. The van der Waals surface area contributed by atoms with E-state index in [9.17, 15) is 9.59 Å². The molecular formula is C27H26N2O5S. The molecule has 4 rings (SSSR count). The summed E-state index contributed by atoms with van der Waals surface area (Å²) >= 11 is 1.29. The van der Waals surface area contributed by atoms with Crippen molar-refractivity contribution in [2.45, 2.75) is 20.8 Å². The second kappa shape index (κ2) is 10.7. The molecule has 0 unspecified atom stereocenters. The number of likely N-dealkylation sites (N-methyl/N-ethyl adjacent to an activating group) is 1. The molecule has 180 valence electrons. The van der Waals surface area contributed by atoms with Crippen molar-refractivity contribution in [2.24, 2.45) is 4.99 Å². The number of ether oxygens (including phenoxy) is 2. The molecule has 0 bridgehead atoms. The van der Waals surface area contributed by atoms with Crippen LogP contribution in [0.15, 0.2) is 64.5 Å². The van der Waals surface area contributed by atoms with Crippen molar-refractivity contribution < 1.29 is 24.2 Å². The molecule has 1 amide bonds. The number of amides is 1. The Morgan fingerprint density at radius 3 is 2.40 bits per heavy atom. The number of aliphatic imine (C=N–C) groups is 1. The van der Waals surface area contributed by atoms with Crippen LogP contribution in [0.25, 0.3) is 16.8 Å². The summed E-state index contributed by atoms with van der Waals surface area (Å²) in [7, 11) is 0. The second-order valence-electron chi connectivity index (χ2n) is 7.63. The quantitative estimate of drug-likeness (QED) is 0.392. The molecule has 0 aliphatic carbocycles. The maximum absolute atomic E-state index is 13.3. The lowest BCUT2D eigenvalue weighted by Crippen LogP contribution is -2.28. The number of hydrogen-bond acceptors (Lipinski definition) is 6. The van der Waals surface area contributed by atoms with Crippen molar-refractivity contribution in [3.05, 3.63) is 70.6 Å². The zero-order chi connectivity index (χ0) is 24.9. The topological polar surface area (TPSA) is 88.4 Å². The highest BCUT2D eigenvalue weighted by molar-refractivity contribution is 8.18. The van der Waals surface area contributed by atoms with Crippen molar-refractivity contribution in [3.63, 3.8) is 0 Å². The first-order chi connectivity index (χ1) is 16.9. The predicted octanol–water partition coefficient (Wildman–Crippen LogP) is 5.96. The third-order valence-corrected chi connectivity index (χ3v) is 6.43. The van der Waals surface area contributed by atoms with Gasteiger partial charge in [0.1, 0.15) is 11.5 Å². The van der Waals surface area contributed by atoms with Crippen LogP contribution in [-0.2, 0) is 4.79 Å². The van der Waals surface area contributed by atoms with Gasteiger partial charge in [0, 0.05) is 12.1 Å². The van der Waals surface area contributed by atoms with Crippen molar-refractivity contribution in [1.29, 1.82) is 0 Å². The summed E-state index contributed by atoms with van der Waals surface area (Å²) in [6.45, 7) is 7.26. The number of carboxylic acids is 1. The number of nitrogens with zero attached hydrogens (tertiary/aromatic N) is 2. The minimum absolute atomic E-state index is 0.140. The molecule has 1 aliphatic rings. The molecule has 1 N–H and O–H groups in total. The van der Waals surface area contributed by atoms with E-state index in [4.69, 9.17) is 14.6 Å². The van der Waals surface area contributed by atoms with E-state index in [1.165, 1.54) is 23.9 Å². The van der Waals surface area contributed by atoms with Gasteiger partial charge in [-0.25, -0.2) is 9.79 Å². The van der Waals surface area contributed by atoms with E-state index in [0.717, 1.165) is 22.1 Å². The first-order valence-electron chi connectivity index (χ1n) is 11.4. The molecule has 1 fully saturated rings. The number of carbonyl (C=O) groups excluding carboxylic acids is 1. The van der Waals surface area contributed by atoms with Gasteiger partial charge in [-0.15, -0.1) is 0 Å². The first kappa shape index (κ1) is 24.3. The predicted molar refractivity (Wildman–Crippen MR) is 140 cm³/mol. The van der Waals surface area contributed by atoms with E-state index >= 15 is 0 Å². The maximum atomic E-state index is 13.3. The van der Waals surface area contributed by atoms with Crippen LogP contribution in [-0.4, -0.2) is 46.8 Å². The van der Waals surface area contributed by atoms with Crippen molar-refractivity contribution in [2.75, 3.05) is 19.8 Å². The maximum Gasteiger partial charge on any atom is 0.335 e. The summed E-state index contributed by atoms with van der Waals surface area (Å²) in [4.78, 5) is 31.1. The molecule has 0 radical (unpaired) electrons. The smallest absolute Gasteiger partial charge is 0.335 e. The molecule has 7 nitrogen and oxygen atoms in total. The number of amidine groups is 1. The zero-order valence-electron chi connectivity index (χ0n) is 19.8. The van der Waals surface area contributed by atoms with Crippen molar-refractivity contribution in [3.8, 4) is 11.5 Å². The number of carboxylic acid groups (broad SMARTS) is 1. The van der Waals surface area contributed by atoms with Crippen LogP contribution in [0.4, 0.5) is 5.69 Å². The summed E-state index contributed by atoms with van der Waals surface area (Å²) in [6, 6.07) is 16.1. The number of benzene rings is 3. The Morgan fingerprint density at radius 2 is 1.74 bits per heavy atom. The lowest BCUT2D eigenvalue weighted by molar-refractivity contribution is -0.122. The largest absolute Gasteiger partial charge is 0.494 e. The minimum atomic E-state index is -0.997. The summed E-state index contributed by atoms with van der Waals surface area (Å²) in [5, 5.41) is 11.6. The Kier molecular flexibility index (Phi) is 7.41. The van der Waals surface area contributed by atoms with E-state index in [-0.39, 0.29) is 11.5 Å². The summed E-state index contributed by atoms with van der Waals surface area (Å²) < 4.78 is 11.6. The third kappa shape index (κ3) is 5.17. The van der Waals surface area contributed by atoms with E-state index in [1.807, 2.05) is 57.2 Å². The summed E-state index contributed by atoms with van der Waals surface area (Å²) in [6.07, 6.45) is 1.86. The first-order valence-corrected chi connectivity index (χ1v) is 12.2. The average molecular weight is 491 g/mol. The van der Waals surface area contributed by atoms with Crippen LogP contribution in [0, 0.1) is 0 Å². The fourth-order valence-corrected chi connectivity index (χ4v) is 4.82. The van der Waals surface area contributed by atoms with E-state index in [2.05, 4.69) is 4.99 Å². The number of carbonyl (C=O) groups is 2. The van der Waals surface area contributed by atoms with Gasteiger partial charge in [-0.05, 0) is 91.8 Å². The second-order valence-corrected chi connectivity index (χ2v) is 8.64. The highest BCUT2D eigenvalue weighted by Crippen LogP contribution is 2.38. The fraction of sp³-hybridized carbons (Fsp3) is 0.222. The SMILES string of the molecule is CCOc1ccc2ccc(OCC)c(C=C3SC(=Nc4ccc(C(=O)O)cc4)N(CC)C3=O)c2c1. The van der Waals surface area contributed by atoms with Crippen LogP contribution in [0.2, 0.25) is 0 Å². The number of rotatable bonds is 8. The Labute approximate surface area is 208 Å². The monoisotopic (exact) mass is 490 g/mol. The van der Waals surface area contributed by atoms with E-state index in [0.29, 0.717) is 41.3 Å². The van der Waals surface area contributed by atoms with Gasteiger partial charge in [-0.3, -0.25) is 9.69 Å². The highest BCUT2D eigenvalue weighted by Gasteiger charge is 2.32. The van der Waals surface area contributed by atoms with Gasteiger partial charge < -0.3 is 14.6 Å². The standard InChI is InChI=1S/C27H26N2O5S/c1-4-29-25(30)24(35-27(29)28-19-11-7-18(8-12-19)26(31)32)16-22-21-15-20(33-5-2)13-9-17(21)10-14-23(22)34-6-3/h7-16H,4-6H2,1-3H3,(H,31,32). The normalized spacial score (nSPS) is 15.9. The van der Waals surface area contributed by atoms with Crippen molar-refractivity contribution >= 4 is 51.3 Å². The van der Waals surface area contributed by atoms with Gasteiger partial charge in [-0.1, -0.05) is 12.1 Å². The molecule has 0 spiro atoms. The Hall–Kier alpha value is -3.78. The lowest BCUT2D eigenvalue weighted by atomic mass is 10.0. The molecule has 1 aliphatic heterocycles. The van der Waals surface area contributed by atoms with Gasteiger partial charge in [0.15, 0.2) is 5.17 Å². The molecule has 0 aromatic heterocycles. The van der Waals surface area contributed by atoms with Gasteiger partial charge >= 0.3 is 5.97 Å². The summed E-state index contributed by atoms with van der Waals surface area (Å²) in [5.74, 6) is 0.301. The molecule has 1 heterocycles. The fourth-order valence-electron chi connectivity index (χ4n) is 3.78. The Balaban J connectivity index is 1.77. The molecule has 8 heteroatoms. The Bertz CT molecular complexity index is 1330. The molecule has 0 saturated carbocycles. The van der Waals surface area contributed by atoms with Gasteiger partial charge in [0.2, 0.25) is 0 Å². The Morgan fingerprint density at radius 1 is 1.03 bits per heavy atom. The highest BCUT2D eigenvalue weighted by atomic mass is 32.2. The van der Waals surface area contributed by atoms with Crippen LogP contribution in [0.3, 0.4) is 0 Å². The number of hydrogen-bond donors (Lipinski definition) is 1. The molecule has 3 aromatic rings. The van der Waals surface area contributed by atoms with Gasteiger partial charge in [0.05, 0.1) is 29.4 Å². The molecule has 1 saturated heterocycles. The summed E-state index contributed by atoms with van der Waals surface area (Å²) in [5.41, 5.74) is 1.57. The van der Waals surface area contributed by atoms with Crippen LogP contribution >= 0.6 is 11.8 Å². The zero-order valence-corrected chi connectivity index (χ0v) is 20.6. The molecule has 3 aromatic carbocycles. The van der Waals surface area contributed by atoms with Crippen molar-refractivity contribution in [1.82, 2.24) is 4.90 Å². The van der Waals surface area contributed by atoms with Crippen LogP contribution in [0.5, 0.6) is 11.5 Å². The molecule has 0 atom stereocenters. The van der Waals surface area contributed by atoms with Crippen LogP contribution < -0.4 is 9.47 Å². The van der Waals surface area contributed by atoms with Gasteiger partial charge in [-0.2, -0.15) is 0 Å². The van der Waals surface area contributed by atoms with E-state index < -0.39 is 5.97 Å². The number of aromatic carboxylic acids is 1. The molecule has 35 heavy (non-hydrogen) atoms. The third-order valence-electron chi connectivity index (χ3n) is 5.42. The van der Waals surface area contributed by atoms with Gasteiger partial charge in [0.25, 0.3) is 5.91 Å². The molecular weight excluding hydrogens is 464 g/mol.